The minimum Gasteiger partial charge on any atom is -0.465 e. The summed E-state index contributed by atoms with van der Waals surface area (Å²) in [5, 5.41) is 19.6. The zero-order chi connectivity index (χ0) is 22.3. The lowest BCUT2D eigenvalue weighted by atomic mass is 9.88. The van der Waals surface area contributed by atoms with Crippen molar-refractivity contribution in [2.45, 2.75) is 25.3 Å². The molecule has 2 saturated heterocycles. The molecule has 2 aliphatic rings. The van der Waals surface area contributed by atoms with Crippen molar-refractivity contribution in [1.82, 2.24) is 20.4 Å². The van der Waals surface area contributed by atoms with E-state index in [1.54, 1.807) is 16.2 Å². The Labute approximate surface area is 193 Å². The normalized spacial score (nSPS) is 18.9. The molecule has 1 unspecified atom stereocenters. The fourth-order valence-corrected chi connectivity index (χ4v) is 5.67. The van der Waals surface area contributed by atoms with Gasteiger partial charge in [-0.3, -0.25) is 4.79 Å². The van der Waals surface area contributed by atoms with Gasteiger partial charge in [0, 0.05) is 32.7 Å². The third kappa shape index (κ3) is 5.68. The van der Waals surface area contributed by atoms with Gasteiger partial charge in [-0.05, 0) is 65.7 Å². The zero-order valence-corrected chi connectivity index (χ0v) is 19.2. The van der Waals surface area contributed by atoms with Crippen LogP contribution in [-0.4, -0.2) is 78.8 Å². The number of nitrogens with zero attached hydrogens (tertiary/aromatic N) is 2. The molecule has 8 heteroatoms. The number of carboxylic acid groups (broad SMARTS) is 1. The molecule has 2 fully saturated rings. The van der Waals surface area contributed by atoms with Crippen molar-refractivity contribution >= 4 is 23.3 Å². The van der Waals surface area contributed by atoms with E-state index in [1.165, 1.54) is 16.7 Å². The summed E-state index contributed by atoms with van der Waals surface area (Å²) >= 11 is 1.75. The average Bonchev–Trinajstić information content (AvgIpc) is 3.31. The van der Waals surface area contributed by atoms with Gasteiger partial charge < -0.3 is 25.5 Å². The summed E-state index contributed by atoms with van der Waals surface area (Å²) in [7, 11) is 0. The molecule has 1 aromatic carbocycles. The Morgan fingerprint density at radius 2 is 1.81 bits per heavy atom. The first-order valence-corrected chi connectivity index (χ1v) is 12.4. The Bertz CT molecular complexity index is 890. The molecule has 2 aromatic rings. The molecule has 0 saturated carbocycles. The smallest absolute Gasteiger partial charge is 0.405 e. The van der Waals surface area contributed by atoms with Crippen molar-refractivity contribution in [3.63, 3.8) is 0 Å². The number of carbonyl (C=O) groups excluding carboxylic acids is 1. The van der Waals surface area contributed by atoms with Crippen LogP contribution in [0.5, 0.6) is 0 Å². The molecule has 32 heavy (non-hydrogen) atoms. The van der Waals surface area contributed by atoms with Crippen LogP contribution in [0.2, 0.25) is 0 Å². The summed E-state index contributed by atoms with van der Waals surface area (Å²) in [4.78, 5) is 28.6. The lowest BCUT2D eigenvalue weighted by Crippen LogP contribution is -2.57. The number of benzene rings is 1. The van der Waals surface area contributed by atoms with E-state index in [1.807, 2.05) is 6.07 Å². The average molecular weight is 457 g/mol. The molecular formula is C24H32N4O3S. The maximum atomic E-state index is 13.0. The molecule has 0 bridgehead atoms. The van der Waals surface area contributed by atoms with Gasteiger partial charge in [0.15, 0.2) is 0 Å². The van der Waals surface area contributed by atoms with Crippen molar-refractivity contribution in [2.24, 2.45) is 5.92 Å². The van der Waals surface area contributed by atoms with E-state index in [9.17, 15) is 14.7 Å². The molecule has 3 heterocycles. The second kappa shape index (κ2) is 10.9. The van der Waals surface area contributed by atoms with Gasteiger partial charge in [0.05, 0.1) is 0 Å². The predicted octanol–water partition coefficient (Wildman–Crippen LogP) is 2.74. The van der Waals surface area contributed by atoms with Crippen LogP contribution < -0.4 is 10.6 Å². The molecule has 2 amide bonds. The van der Waals surface area contributed by atoms with E-state index in [2.05, 4.69) is 50.6 Å². The Morgan fingerprint density at radius 1 is 1.09 bits per heavy atom. The summed E-state index contributed by atoms with van der Waals surface area (Å²) in [6, 6.07) is 9.85. The first kappa shape index (κ1) is 22.8. The highest BCUT2D eigenvalue weighted by atomic mass is 32.1. The van der Waals surface area contributed by atoms with E-state index in [0.29, 0.717) is 13.1 Å². The molecule has 0 aliphatic carbocycles. The van der Waals surface area contributed by atoms with Gasteiger partial charge in [-0.25, -0.2) is 4.79 Å². The van der Waals surface area contributed by atoms with Crippen LogP contribution in [0.1, 0.15) is 18.4 Å². The molecule has 0 spiro atoms. The summed E-state index contributed by atoms with van der Waals surface area (Å²) in [5.41, 5.74) is 3.96. The number of carbonyl (C=O) groups is 2. The van der Waals surface area contributed by atoms with Crippen LogP contribution in [0.15, 0.2) is 41.1 Å². The minimum absolute atomic E-state index is 0.0470. The summed E-state index contributed by atoms with van der Waals surface area (Å²) in [5.74, 6) is -0.0242. The second-order valence-electron chi connectivity index (χ2n) is 8.61. The number of thiophene rings is 1. The van der Waals surface area contributed by atoms with Gasteiger partial charge in [-0.1, -0.05) is 30.3 Å². The number of rotatable bonds is 7. The van der Waals surface area contributed by atoms with Crippen molar-refractivity contribution in [3.05, 3.63) is 46.7 Å². The summed E-state index contributed by atoms with van der Waals surface area (Å²) in [6.45, 7) is 5.56. The Balaban J connectivity index is 1.31. The van der Waals surface area contributed by atoms with Crippen molar-refractivity contribution in [3.8, 4) is 11.1 Å². The number of hydrogen-bond donors (Lipinski definition) is 3. The number of piperidine rings is 1. The van der Waals surface area contributed by atoms with E-state index in [-0.39, 0.29) is 11.8 Å². The molecule has 3 N–H and O–H groups in total. The minimum atomic E-state index is -1.12. The third-order valence-electron chi connectivity index (χ3n) is 6.60. The maximum absolute atomic E-state index is 13.0. The van der Waals surface area contributed by atoms with E-state index in [0.717, 1.165) is 52.0 Å². The Morgan fingerprint density at radius 3 is 2.50 bits per heavy atom. The lowest BCUT2D eigenvalue weighted by Gasteiger charge is -2.38. The van der Waals surface area contributed by atoms with Gasteiger partial charge in [-0.15, -0.1) is 0 Å². The molecule has 1 atom stereocenters. The highest BCUT2D eigenvalue weighted by molar-refractivity contribution is 7.08. The Hall–Kier alpha value is -2.42. The van der Waals surface area contributed by atoms with Crippen molar-refractivity contribution < 1.29 is 14.7 Å². The van der Waals surface area contributed by atoms with Gasteiger partial charge in [0.25, 0.3) is 0 Å². The van der Waals surface area contributed by atoms with Crippen LogP contribution in [-0.2, 0) is 11.2 Å². The lowest BCUT2D eigenvalue weighted by molar-refractivity contribution is -0.135. The van der Waals surface area contributed by atoms with Gasteiger partial charge in [-0.2, -0.15) is 11.3 Å². The first-order valence-electron chi connectivity index (χ1n) is 11.4. The molecule has 2 aliphatic heterocycles. The van der Waals surface area contributed by atoms with E-state index >= 15 is 0 Å². The van der Waals surface area contributed by atoms with Crippen LogP contribution in [0.4, 0.5) is 4.79 Å². The number of likely N-dealkylation sites (tertiary alicyclic amines) is 1. The second-order valence-corrected chi connectivity index (χ2v) is 9.35. The largest absolute Gasteiger partial charge is 0.465 e. The number of piperazine rings is 1. The van der Waals surface area contributed by atoms with Crippen LogP contribution >= 0.6 is 11.3 Å². The zero-order valence-electron chi connectivity index (χ0n) is 18.3. The van der Waals surface area contributed by atoms with E-state index < -0.39 is 12.1 Å². The summed E-state index contributed by atoms with van der Waals surface area (Å²) < 4.78 is 0. The molecular weight excluding hydrogens is 424 g/mol. The highest BCUT2D eigenvalue weighted by Gasteiger charge is 2.35. The number of amides is 2. The van der Waals surface area contributed by atoms with Gasteiger partial charge in [0.1, 0.15) is 6.04 Å². The monoisotopic (exact) mass is 456 g/mol. The van der Waals surface area contributed by atoms with Crippen LogP contribution in [0.3, 0.4) is 0 Å². The standard InChI is InChI=1S/C24H32N4O3S/c29-23(28-14-9-25-10-15-28)22(26-24(30)31)19-6-11-27(12-7-19)13-8-20-16-32-17-21(20)18-4-2-1-3-5-18/h1-5,16-17,19,22,25-26H,6-15H2,(H,30,31). The quantitative estimate of drug-likeness (QED) is 0.597. The topological polar surface area (TPSA) is 84.9 Å². The highest BCUT2D eigenvalue weighted by Crippen LogP contribution is 2.28. The number of nitrogens with one attached hydrogen (secondary N) is 2. The first-order chi connectivity index (χ1) is 15.6. The van der Waals surface area contributed by atoms with Crippen molar-refractivity contribution in [1.29, 1.82) is 0 Å². The molecule has 4 rings (SSSR count). The molecule has 172 valence electrons. The fraction of sp³-hybridized carbons (Fsp3) is 0.500. The predicted molar refractivity (Wildman–Crippen MR) is 127 cm³/mol. The molecule has 7 nitrogen and oxygen atoms in total. The fourth-order valence-electron chi connectivity index (χ4n) is 4.77. The maximum Gasteiger partial charge on any atom is 0.405 e. The SMILES string of the molecule is O=C(O)NC(C(=O)N1CCNCC1)C1CCN(CCc2cscc2-c2ccccc2)CC1. The van der Waals surface area contributed by atoms with E-state index in [4.69, 9.17) is 0 Å². The van der Waals surface area contributed by atoms with Crippen LogP contribution in [0, 0.1) is 5.92 Å². The molecule has 0 radical (unpaired) electrons. The Kier molecular flexibility index (Phi) is 7.78. The van der Waals surface area contributed by atoms with Crippen LogP contribution in [0.25, 0.3) is 11.1 Å². The van der Waals surface area contributed by atoms with Crippen molar-refractivity contribution in [2.75, 3.05) is 45.8 Å². The summed E-state index contributed by atoms with van der Waals surface area (Å²) in [6.07, 6.45) is 1.54. The number of hydrogen-bond acceptors (Lipinski definition) is 5. The third-order valence-corrected chi connectivity index (χ3v) is 7.39. The van der Waals surface area contributed by atoms with Gasteiger partial charge >= 0.3 is 6.09 Å². The van der Waals surface area contributed by atoms with Gasteiger partial charge in [0.2, 0.25) is 5.91 Å². The molecule has 1 aromatic heterocycles.